The van der Waals surface area contributed by atoms with E-state index in [0.29, 0.717) is 48.5 Å². The van der Waals surface area contributed by atoms with Crippen molar-refractivity contribution in [1.29, 1.82) is 5.26 Å². The molecule has 2 aromatic carbocycles. The highest BCUT2D eigenvalue weighted by atomic mass is 19.4. The van der Waals surface area contributed by atoms with Gasteiger partial charge in [0.2, 0.25) is 0 Å². The molecular formula is C27H27F4N5O2. The molecule has 200 valence electrons. The molecule has 0 bridgehead atoms. The Morgan fingerprint density at radius 3 is 2.53 bits per heavy atom. The molecule has 0 aliphatic rings. The number of hydrogen-bond acceptors (Lipinski definition) is 5. The lowest BCUT2D eigenvalue weighted by molar-refractivity contribution is -0.139. The second-order valence-corrected chi connectivity index (χ2v) is 8.54. The van der Waals surface area contributed by atoms with Crippen LogP contribution in [0.1, 0.15) is 30.9 Å². The lowest BCUT2D eigenvalue weighted by atomic mass is 10.1. The van der Waals surface area contributed by atoms with E-state index in [1.165, 1.54) is 11.1 Å². The minimum absolute atomic E-state index is 0.128. The van der Waals surface area contributed by atoms with Crippen molar-refractivity contribution in [1.82, 2.24) is 10.3 Å². The summed E-state index contributed by atoms with van der Waals surface area (Å²) in [6, 6.07) is 12.0. The van der Waals surface area contributed by atoms with Gasteiger partial charge in [-0.3, -0.25) is 9.88 Å². The molecule has 0 spiro atoms. The van der Waals surface area contributed by atoms with Gasteiger partial charge in [0, 0.05) is 49.0 Å². The van der Waals surface area contributed by atoms with Gasteiger partial charge in [0.15, 0.2) is 0 Å². The summed E-state index contributed by atoms with van der Waals surface area (Å²) >= 11 is 0. The van der Waals surface area contributed by atoms with Gasteiger partial charge in [-0.15, -0.1) is 0 Å². The number of aliphatic hydroxyl groups is 1. The molecule has 2 amide bonds. The van der Waals surface area contributed by atoms with Crippen molar-refractivity contribution in [2.45, 2.75) is 32.0 Å². The molecular weight excluding hydrogens is 502 g/mol. The highest BCUT2D eigenvalue weighted by molar-refractivity contribution is 6.02. The Balaban J connectivity index is 1.82. The molecule has 3 rings (SSSR count). The molecule has 0 radical (unpaired) electrons. The first-order valence-electron chi connectivity index (χ1n) is 11.9. The third kappa shape index (κ3) is 7.74. The molecule has 0 saturated heterocycles. The van der Waals surface area contributed by atoms with E-state index in [-0.39, 0.29) is 12.2 Å². The summed E-state index contributed by atoms with van der Waals surface area (Å²) in [4.78, 5) is 18.5. The minimum Gasteiger partial charge on any atom is -0.392 e. The van der Waals surface area contributed by atoms with Crippen LogP contribution in [0, 0.1) is 17.1 Å². The minimum atomic E-state index is -4.92. The lowest BCUT2D eigenvalue weighted by Gasteiger charge is -2.24. The molecule has 0 aliphatic heterocycles. The number of halogens is 4. The number of benzene rings is 2. The van der Waals surface area contributed by atoms with Crippen LogP contribution in [0.15, 0.2) is 60.9 Å². The van der Waals surface area contributed by atoms with E-state index < -0.39 is 29.7 Å². The zero-order chi connectivity index (χ0) is 27.7. The normalized spacial score (nSPS) is 12.0. The van der Waals surface area contributed by atoms with E-state index in [9.17, 15) is 27.5 Å². The van der Waals surface area contributed by atoms with Gasteiger partial charge in [-0.25, -0.2) is 9.18 Å². The highest BCUT2D eigenvalue weighted by Crippen LogP contribution is 2.33. The Kier molecular flexibility index (Phi) is 9.76. The van der Waals surface area contributed by atoms with Crippen LogP contribution in [-0.2, 0) is 6.18 Å². The predicted octanol–water partition coefficient (Wildman–Crippen LogP) is 5.57. The van der Waals surface area contributed by atoms with Gasteiger partial charge in [-0.1, -0.05) is 25.5 Å². The van der Waals surface area contributed by atoms with Crippen molar-refractivity contribution < 1.29 is 27.5 Å². The van der Waals surface area contributed by atoms with Crippen LogP contribution in [0.4, 0.5) is 33.7 Å². The number of amides is 2. The molecule has 1 aromatic heterocycles. The number of aliphatic hydroxyl groups excluding tert-OH is 1. The van der Waals surface area contributed by atoms with Crippen LogP contribution < -0.4 is 15.5 Å². The number of urea groups is 1. The van der Waals surface area contributed by atoms with Gasteiger partial charge >= 0.3 is 12.2 Å². The number of carbonyl (C=O) groups is 1. The van der Waals surface area contributed by atoms with Crippen LogP contribution in [0.2, 0.25) is 0 Å². The molecule has 3 aromatic rings. The van der Waals surface area contributed by atoms with Gasteiger partial charge in [0.05, 0.1) is 17.2 Å². The Labute approximate surface area is 217 Å². The monoisotopic (exact) mass is 529 g/mol. The maximum Gasteiger partial charge on any atom is 0.419 e. The summed E-state index contributed by atoms with van der Waals surface area (Å²) in [5, 5.41) is 24.5. The Morgan fingerprint density at radius 2 is 1.87 bits per heavy atom. The summed E-state index contributed by atoms with van der Waals surface area (Å²) in [6.07, 6.45) is -0.992. The average Bonchev–Trinajstić information content (AvgIpc) is 2.89. The van der Waals surface area contributed by atoms with Crippen LogP contribution in [0.25, 0.3) is 11.1 Å². The third-order valence-corrected chi connectivity index (χ3v) is 5.66. The number of nitrogens with zero attached hydrogens (tertiary/aromatic N) is 3. The van der Waals surface area contributed by atoms with Crippen LogP contribution >= 0.6 is 0 Å². The number of nitriles is 1. The van der Waals surface area contributed by atoms with Crippen LogP contribution in [0.3, 0.4) is 0 Å². The second-order valence-electron chi connectivity index (χ2n) is 8.54. The fourth-order valence-corrected chi connectivity index (χ4v) is 3.75. The standard InChI is InChI=1S/C27H27F4N5O2/c1-2-3-23(37)17-33-10-11-36(26(38)35-21-6-9-25(28)24(13-21)27(29,30)31)22-7-4-19(5-8-22)20-12-18(14-32)15-34-16-20/h4-9,12-13,15-16,23,33,37H,2-3,10-11,17H2,1H3,(H,35,38). The van der Waals surface area contributed by atoms with Crippen molar-refractivity contribution in [3.63, 3.8) is 0 Å². The van der Waals surface area contributed by atoms with Crippen molar-refractivity contribution in [3.8, 4) is 17.2 Å². The van der Waals surface area contributed by atoms with E-state index >= 15 is 0 Å². The zero-order valence-corrected chi connectivity index (χ0v) is 20.6. The number of alkyl halides is 3. The maximum absolute atomic E-state index is 13.7. The predicted molar refractivity (Wildman–Crippen MR) is 136 cm³/mol. The summed E-state index contributed by atoms with van der Waals surface area (Å²) < 4.78 is 53.1. The van der Waals surface area contributed by atoms with Gasteiger partial charge in [-0.2, -0.15) is 18.4 Å². The van der Waals surface area contributed by atoms with Crippen LogP contribution in [-0.4, -0.2) is 41.9 Å². The number of rotatable bonds is 10. The van der Waals surface area contributed by atoms with Gasteiger partial charge in [-0.05, 0) is 48.4 Å². The fraction of sp³-hybridized carbons (Fsp3) is 0.296. The Bertz CT molecular complexity index is 1280. The first-order chi connectivity index (χ1) is 18.1. The average molecular weight is 530 g/mol. The summed E-state index contributed by atoms with van der Waals surface area (Å²) in [5.74, 6) is -1.44. The molecule has 3 N–H and O–H groups in total. The van der Waals surface area contributed by atoms with Gasteiger partial charge in [0.25, 0.3) is 0 Å². The molecule has 7 nitrogen and oxygen atoms in total. The third-order valence-electron chi connectivity index (χ3n) is 5.66. The Hall–Kier alpha value is -4.01. The van der Waals surface area contributed by atoms with Crippen LogP contribution in [0.5, 0.6) is 0 Å². The number of hydrogen-bond donors (Lipinski definition) is 3. The number of aromatic nitrogens is 1. The molecule has 1 heterocycles. The lowest BCUT2D eigenvalue weighted by Crippen LogP contribution is -2.41. The number of pyridine rings is 1. The summed E-state index contributed by atoms with van der Waals surface area (Å²) in [5.41, 5.74) is 0.588. The first-order valence-corrected chi connectivity index (χ1v) is 11.9. The number of carbonyl (C=O) groups excluding carboxylic acids is 1. The summed E-state index contributed by atoms with van der Waals surface area (Å²) in [7, 11) is 0. The van der Waals surface area contributed by atoms with E-state index in [0.717, 1.165) is 18.1 Å². The van der Waals surface area contributed by atoms with E-state index in [1.807, 2.05) is 13.0 Å². The molecule has 0 fully saturated rings. The maximum atomic E-state index is 13.7. The second kappa shape index (κ2) is 13.0. The summed E-state index contributed by atoms with van der Waals surface area (Å²) in [6.45, 7) is 2.69. The number of nitrogens with one attached hydrogen (secondary N) is 2. The van der Waals surface area contributed by atoms with Gasteiger partial charge in [0.1, 0.15) is 11.9 Å². The molecule has 0 saturated carbocycles. The van der Waals surface area contributed by atoms with E-state index in [4.69, 9.17) is 5.26 Å². The van der Waals surface area contributed by atoms with Crippen molar-refractivity contribution >= 4 is 17.4 Å². The van der Waals surface area contributed by atoms with E-state index in [2.05, 4.69) is 15.6 Å². The SMILES string of the molecule is CCCC(O)CNCCN(C(=O)Nc1ccc(F)c(C(F)(F)F)c1)c1ccc(-c2cncc(C#N)c2)cc1. The van der Waals surface area contributed by atoms with Gasteiger partial charge < -0.3 is 15.7 Å². The highest BCUT2D eigenvalue weighted by Gasteiger charge is 2.34. The Morgan fingerprint density at radius 1 is 1.13 bits per heavy atom. The topological polar surface area (TPSA) is 101 Å². The largest absolute Gasteiger partial charge is 0.419 e. The number of anilines is 2. The van der Waals surface area contributed by atoms with Crippen molar-refractivity contribution in [2.75, 3.05) is 29.9 Å². The smallest absolute Gasteiger partial charge is 0.392 e. The van der Waals surface area contributed by atoms with E-state index in [1.54, 1.807) is 36.5 Å². The van der Waals surface area contributed by atoms with Crippen molar-refractivity contribution in [3.05, 3.63) is 77.9 Å². The molecule has 1 unspecified atom stereocenters. The first kappa shape index (κ1) is 28.6. The zero-order valence-electron chi connectivity index (χ0n) is 20.6. The van der Waals surface area contributed by atoms with Crippen molar-refractivity contribution in [2.24, 2.45) is 0 Å². The fourth-order valence-electron chi connectivity index (χ4n) is 3.75. The molecule has 38 heavy (non-hydrogen) atoms. The molecule has 11 heteroatoms. The molecule has 0 aliphatic carbocycles. The quantitative estimate of drug-likeness (QED) is 0.236. The molecule has 1 atom stereocenters.